The van der Waals surface area contributed by atoms with E-state index < -0.39 is 0 Å². The van der Waals surface area contributed by atoms with Crippen molar-refractivity contribution in [1.29, 1.82) is 0 Å². The minimum absolute atomic E-state index is 0.0132. The molecule has 0 amide bonds. The van der Waals surface area contributed by atoms with Crippen LogP contribution in [0.2, 0.25) is 0 Å². The summed E-state index contributed by atoms with van der Waals surface area (Å²) < 4.78 is 15.4. The Labute approximate surface area is 213 Å². The Balaban J connectivity index is 1.36. The minimum Gasteiger partial charge on any atom is -0.340 e. The quantitative estimate of drug-likeness (QED) is 0.301. The molecule has 0 saturated carbocycles. The summed E-state index contributed by atoms with van der Waals surface area (Å²) in [7, 11) is 3.90. The molecule has 5 rings (SSSR count). The van der Waals surface area contributed by atoms with Crippen LogP contribution in [0, 0.1) is 5.82 Å². The van der Waals surface area contributed by atoms with E-state index in [1.165, 1.54) is 18.5 Å². The molecule has 0 spiro atoms. The van der Waals surface area contributed by atoms with Crippen LogP contribution < -0.4 is 5.32 Å². The first-order chi connectivity index (χ1) is 17.9. The fourth-order valence-corrected chi connectivity index (χ4v) is 4.07. The SMILES string of the molecule is CN(C)C/C=C/C(=O)Cc1cc2c(Nc3ccc4c(cnn4Cc4cccc(F)c4)c3)ncnc2cn1. The maximum atomic E-state index is 13.6. The lowest BCUT2D eigenvalue weighted by molar-refractivity contribution is -0.114. The number of fused-ring (bicyclic) bond motifs is 2. The number of pyridine rings is 1. The second-order valence-electron chi connectivity index (χ2n) is 9.05. The van der Waals surface area contributed by atoms with Gasteiger partial charge in [0.05, 0.1) is 36.4 Å². The molecule has 37 heavy (non-hydrogen) atoms. The van der Waals surface area contributed by atoms with Gasteiger partial charge in [0.1, 0.15) is 18.0 Å². The minimum atomic E-state index is -0.263. The molecule has 5 aromatic rings. The molecule has 0 fully saturated rings. The van der Waals surface area contributed by atoms with Crippen molar-refractivity contribution in [1.82, 2.24) is 29.6 Å². The summed E-state index contributed by atoms with van der Waals surface area (Å²) in [5.41, 5.74) is 3.95. The maximum Gasteiger partial charge on any atom is 0.161 e. The fraction of sp³-hybridized carbons (Fsp3) is 0.179. The monoisotopic (exact) mass is 495 g/mol. The number of carbonyl (C=O) groups excluding carboxylic acids is 1. The van der Waals surface area contributed by atoms with Crippen LogP contribution in [0.5, 0.6) is 0 Å². The van der Waals surface area contributed by atoms with Gasteiger partial charge in [0, 0.05) is 28.7 Å². The zero-order chi connectivity index (χ0) is 25.8. The zero-order valence-electron chi connectivity index (χ0n) is 20.6. The normalized spacial score (nSPS) is 11.7. The molecule has 3 aromatic heterocycles. The molecule has 0 radical (unpaired) electrons. The molecule has 2 aromatic carbocycles. The largest absolute Gasteiger partial charge is 0.340 e. The van der Waals surface area contributed by atoms with E-state index in [2.05, 4.69) is 25.4 Å². The molecule has 0 saturated heterocycles. The van der Waals surface area contributed by atoms with Gasteiger partial charge in [0.25, 0.3) is 0 Å². The van der Waals surface area contributed by atoms with E-state index in [1.807, 2.05) is 60.1 Å². The number of likely N-dealkylation sites (N-methyl/N-ethyl adjacent to an activating group) is 1. The van der Waals surface area contributed by atoms with Crippen LogP contribution in [-0.2, 0) is 17.8 Å². The first-order valence-electron chi connectivity index (χ1n) is 11.9. The Bertz CT molecular complexity index is 1610. The van der Waals surface area contributed by atoms with Crippen molar-refractivity contribution in [2.45, 2.75) is 13.0 Å². The van der Waals surface area contributed by atoms with Crippen LogP contribution in [-0.4, -0.2) is 56.1 Å². The first-order valence-corrected chi connectivity index (χ1v) is 11.9. The van der Waals surface area contributed by atoms with Gasteiger partial charge in [-0.2, -0.15) is 5.10 Å². The van der Waals surface area contributed by atoms with Crippen molar-refractivity contribution < 1.29 is 9.18 Å². The molecule has 0 aliphatic carbocycles. The number of nitrogens with zero attached hydrogens (tertiary/aromatic N) is 6. The number of benzene rings is 2. The predicted molar refractivity (Wildman–Crippen MR) is 142 cm³/mol. The van der Waals surface area contributed by atoms with Gasteiger partial charge < -0.3 is 10.2 Å². The summed E-state index contributed by atoms with van der Waals surface area (Å²) in [6.45, 7) is 1.18. The van der Waals surface area contributed by atoms with E-state index >= 15 is 0 Å². The van der Waals surface area contributed by atoms with Crippen molar-refractivity contribution in [3.63, 3.8) is 0 Å². The first kappa shape index (κ1) is 24.2. The number of rotatable bonds is 9. The number of aromatic nitrogens is 5. The van der Waals surface area contributed by atoms with Crippen molar-refractivity contribution in [2.75, 3.05) is 26.0 Å². The van der Waals surface area contributed by atoms with E-state index in [0.717, 1.165) is 27.5 Å². The summed E-state index contributed by atoms with van der Waals surface area (Å²) in [5.74, 6) is 0.345. The highest BCUT2D eigenvalue weighted by Gasteiger charge is 2.10. The summed E-state index contributed by atoms with van der Waals surface area (Å²) >= 11 is 0. The Hall–Kier alpha value is -4.50. The number of anilines is 2. The van der Waals surface area contributed by atoms with E-state index in [1.54, 1.807) is 24.5 Å². The molecule has 3 heterocycles. The number of carbonyl (C=O) groups is 1. The number of halogens is 1. The van der Waals surface area contributed by atoms with Crippen molar-refractivity contribution in [2.24, 2.45) is 0 Å². The highest BCUT2D eigenvalue weighted by Crippen LogP contribution is 2.26. The molecule has 0 atom stereocenters. The highest BCUT2D eigenvalue weighted by atomic mass is 19.1. The van der Waals surface area contributed by atoms with Crippen LogP contribution in [0.1, 0.15) is 11.3 Å². The van der Waals surface area contributed by atoms with E-state index in [0.29, 0.717) is 30.1 Å². The number of hydrogen-bond acceptors (Lipinski definition) is 7. The third-order valence-corrected chi connectivity index (χ3v) is 5.83. The fourth-order valence-electron chi connectivity index (χ4n) is 4.07. The van der Waals surface area contributed by atoms with Gasteiger partial charge in [0.15, 0.2) is 5.78 Å². The molecule has 9 heteroatoms. The molecule has 186 valence electrons. The zero-order valence-corrected chi connectivity index (χ0v) is 20.6. The number of ketones is 1. The molecule has 0 aliphatic rings. The summed E-state index contributed by atoms with van der Waals surface area (Å²) in [6.07, 6.45) is 8.57. The van der Waals surface area contributed by atoms with Crippen LogP contribution in [0.25, 0.3) is 21.8 Å². The van der Waals surface area contributed by atoms with Crippen LogP contribution in [0.4, 0.5) is 15.9 Å². The van der Waals surface area contributed by atoms with Crippen molar-refractivity contribution in [3.8, 4) is 0 Å². The topological polar surface area (TPSA) is 88.8 Å². The summed E-state index contributed by atoms with van der Waals surface area (Å²) in [6, 6.07) is 14.3. The average Bonchev–Trinajstić information content (AvgIpc) is 3.26. The van der Waals surface area contributed by atoms with Crippen LogP contribution in [0.15, 0.2) is 79.4 Å². The van der Waals surface area contributed by atoms with Gasteiger partial charge in [-0.15, -0.1) is 0 Å². The second-order valence-corrected chi connectivity index (χ2v) is 9.05. The van der Waals surface area contributed by atoms with Crippen LogP contribution >= 0.6 is 0 Å². The average molecular weight is 496 g/mol. The van der Waals surface area contributed by atoms with Gasteiger partial charge in [-0.1, -0.05) is 18.2 Å². The van der Waals surface area contributed by atoms with Gasteiger partial charge >= 0.3 is 0 Å². The summed E-state index contributed by atoms with van der Waals surface area (Å²) in [4.78, 5) is 27.5. The van der Waals surface area contributed by atoms with Crippen LogP contribution in [0.3, 0.4) is 0 Å². The predicted octanol–water partition coefficient (Wildman–Crippen LogP) is 4.53. The molecular formula is C28H26FN7O. The van der Waals surface area contributed by atoms with E-state index in [-0.39, 0.29) is 18.0 Å². The van der Waals surface area contributed by atoms with Gasteiger partial charge in [-0.3, -0.25) is 14.5 Å². The lowest BCUT2D eigenvalue weighted by Gasteiger charge is -2.10. The lowest BCUT2D eigenvalue weighted by Crippen LogP contribution is -2.11. The Kier molecular flexibility index (Phi) is 6.96. The molecule has 1 N–H and O–H groups in total. The van der Waals surface area contributed by atoms with Gasteiger partial charge in [-0.05, 0) is 62.1 Å². The summed E-state index contributed by atoms with van der Waals surface area (Å²) in [5, 5.41) is 9.56. The number of hydrogen-bond donors (Lipinski definition) is 1. The highest BCUT2D eigenvalue weighted by molar-refractivity contribution is 5.94. The van der Waals surface area contributed by atoms with Crippen molar-refractivity contribution >= 4 is 39.1 Å². The molecule has 0 bridgehead atoms. The van der Waals surface area contributed by atoms with Gasteiger partial charge in [0.2, 0.25) is 0 Å². The lowest BCUT2D eigenvalue weighted by atomic mass is 10.1. The van der Waals surface area contributed by atoms with Gasteiger partial charge in [-0.25, -0.2) is 14.4 Å². The molecular weight excluding hydrogens is 469 g/mol. The molecule has 0 aliphatic heterocycles. The number of nitrogens with one attached hydrogen (secondary N) is 1. The van der Waals surface area contributed by atoms with E-state index in [9.17, 15) is 9.18 Å². The standard InChI is InChI=1S/C28H26FN7O/c1-35(2)10-4-7-24(37)13-23-14-25-26(16-30-23)31-18-32-28(25)34-22-8-9-27-20(12-22)15-33-36(27)17-19-5-3-6-21(29)11-19/h3-9,11-12,14-16,18H,10,13,17H2,1-2H3,(H,31,32,34)/b7-4+. The molecule has 8 nitrogen and oxygen atoms in total. The second kappa shape index (κ2) is 10.6. The van der Waals surface area contributed by atoms with Crippen molar-refractivity contribution in [3.05, 3.63) is 96.5 Å². The van der Waals surface area contributed by atoms with E-state index in [4.69, 9.17) is 0 Å². The Morgan fingerprint density at radius 1 is 1.08 bits per heavy atom. The Morgan fingerprint density at radius 3 is 2.81 bits per heavy atom. The maximum absolute atomic E-state index is 13.6. The Morgan fingerprint density at radius 2 is 1.97 bits per heavy atom. The third kappa shape index (κ3) is 5.84. The smallest absolute Gasteiger partial charge is 0.161 e. The number of allylic oxidation sites excluding steroid dienone is 1. The molecule has 0 unspecified atom stereocenters. The third-order valence-electron chi connectivity index (χ3n) is 5.83.